The Morgan fingerprint density at radius 3 is 2.25 bits per heavy atom. The zero-order valence-electron chi connectivity index (χ0n) is 18.4. The molecule has 0 unspecified atom stereocenters. The zero-order valence-corrected chi connectivity index (χ0v) is 18.4. The molecule has 3 rings (SSSR count). The van der Waals surface area contributed by atoms with Gasteiger partial charge in [0.2, 0.25) is 5.91 Å². The fraction of sp³-hybridized carbons (Fsp3) is 0.636. The number of carboxylic acids is 1. The maximum atomic E-state index is 12.3. The Labute approximate surface area is 186 Å². The first-order valence-corrected chi connectivity index (χ1v) is 10.6. The molecule has 0 aromatic heterocycles. The van der Waals surface area contributed by atoms with Gasteiger partial charge in [0.1, 0.15) is 12.4 Å². The van der Waals surface area contributed by atoms with Crippen molar-refractivity contribution < 1.29 is 37.3 Å². The van der Waals surface area contributed by atoms with E-state index in [0.29, 0.717) is 5.92 Å². The third-order valence-corrected chi connectivity index (χ3v) is 5.65. The van der Waals surface area contributed by atoms with E-state index < -0.39 is 12.1 Å². The second-order valence-corrected chi connectivity index (χ2v) is 8.10. The summed E-state index contributed by atoms with van der Waals surface area (Å²) in [4.78, 5) is 25.5. The van der Waals surface area contributed by atoms with Gasteiger partial charge >= 0.3 is 12.1 Å². The molecule has 2 saturated heterocycles. The van der Waals surface area contributed by atoms with Crippen molar-refractivity contribution in [2.75, 3.05) is 46.9 Å². The fourth-order valence-electron chi connectivity index (χ4n) is 3.91. The van der Waals surface area contributed by atoms with E-state index in [4.69, 9.17) is 19.4 Å². The quantitative estimate of drug-likeness (QED) is 0.704. The lowest BCUT2D eigenvalue weighted by Crippen LogP contribution is -2.44. The van der Waals surface area contributed by atoms with Gasteiger partial charge in [0.05, 0.1) is 13.2 Å². The lowest BCUT2D eigenvalue weighted by atomic mass is 9.88. The highest BCUT2D eigenvalue weighted by atomic mass is 19.4. The van der Waals surface area contributed by atoms with Crippen molar-refractivity contribution in [2.24, 2.45) is 5.92 Å². The van der Waals surface area contributed by atoms with Crippen LogP contribution in [0.5, 0.6) is 5.75 Å². The van der Waals surface area contributed by atoms with Crippen LogP contribution in [0.3, 0.4) is 0 Å². The summed E-state index contributed by atoms with van der Waals surface area (Å²) < 4.78 is 43.1. The van der Waals surface area contributed by atoms with Gasteiger partial charge < -0.3 is 24.4 Å². The molecule has 10 heteroatoms. The minimum Gasteiger partial charge on any atom is -0.497 e. The van der Waals surface area contributed by atoms with Crippen molar-refractivity contribution in [3.05, 3.63) is 29.8 Å². The molecule has 2 aliphatic heterocycles. The molecule has 0 saturated carbocycles. The number of rotatable bonds is 6. The van der Waals surface area contributed by atoms with Crippen LogP contribution in [-0.2, 0) is 20.7 Å². The largest absolute Gasteiger partial charge is 0.497 e. The topological polar surface area (TPSA) is 79.3 Å². The monoisotopic (exact) mass is 460 g/mol. The van der Waals surface area contributed by atoms with Gasteiger partial charge in [0, 0.05) is 32.1 Å². The molecule has 0 aliphatic carbocycles. The molecule has 1 N–H and O–H groups in total. The number of carbonyl (C=O) groups excluding carboxylic acids is 1. The number of hydrogen-bond acceptors (Lipinski definition) is 5. The molecule has 2 heterocycles. The van der Waals surface area contributed by atoms with Crippen LogP contribution in [0.4, 0.5) is 13.2 Å². The van der Waals surface area contributed by atoms with Crippen molar-refractivity contribution in [3.8, 4) is 5.75 Å². The number of carboxylic acid groups (broad SMARTS) is 1. The van der Waals surface area contributed by atoms with Gasteiger partial charge in [-0.2, -0.15) is 13.2 Å². The third kappa shape index (κ3) is 8.31. The van der Waals surface area contributed by atoms with Crippen molar-refractivity contribution >= 4 is 11.9 Å². The van der Waals surface area contributed by atoms with Gasteiger partial charge in [-0.05, 0) is 50.4 Å². The van der Waals surface area contributed by atoms with E-state index in [1.165, 1.54) is 5.56 Å². The summed E-state index contributed by atoms with van der Waals surface area (Å²) in [6, 6.07) is 8.27. The van der Waals surface area contributed by atoms with Crippen molar-refractivity contribution in [1.29, 1.82) is 0 Å². The summed E-state index contributed by atoms with van der Waals surface area (Å²) >= 11 is 0. The molecule has 180 valence electrons. The summed E-state index contributed by atoms with van der Waals surface area (Å²) in [7, 11) is 3.85. The number of halogens is 3. The number of amides is 1. The zero-order chi connectivity index (χ0) is 23.7. The van der Waals surface area contributed by atoms with E-state index in [1.54, 1.807) is 7.11 Å². The molecule has 7 nitrogen and oxygen atoms in total. The Bertz CT molecular complexity index is 736. The first-order chi connectivity index (χ1) is 15.1. The van der Waals surface area contributed by atoms with Crippen LogP contribution in [0.1, 0.15) is 24.8 Å². The SMILES string of the molecule is COc1ccc(C[C@H]2CN(C)CC[C@H]2OCC(=O)N2CCCC2)cc1.O=C(O)C(F)(F)F. The number of nitrogens with zero attached hydrogens (tertiary/aromatic N) is 2. The Morgan fingerprint density at radius 2 is 1.72 bits per heavy atom. The normalized spacial score (nSPS) is 21.6. The van der Waals surface area contributed by atoms with Gasteiger partial charge in [-0.25, -0.2) is 4.79 Å². The maximum absolute atomic E-state index is 12.3. The average Bonchev–Trinajstić information content (AvgIpc) is 3.28. The first-order valence-electron chi connectivity index (χ1n) is 10.6. The number of benzene rings is 1. The highest BCUT2D eigenvalue weighted by Crippen LogP contribution is 2.24. The van der Waals surface area contributed by atoms with Crippen LogP contribution in [0.2, 0.25) is 0 Å². The summed E-state index contributed by atoms with van der Waals surface area (Å²) in [6.45, 7) is 4.06. The van der Waals surface area contributed by atoms with E-state index in [9.17, 15) is 18.0 Å². The Hall–Kier alpha value is -2.33. The summed E-state index contributed by atoms with van der Waals surface area (Å²) in [6.07, 6.45) is -0.716. The highest BCUT2D eigenvalue weighted by molar-refractivity contribution is 5.77. The minimum atomic E-state index is -5.08. The molecule has 1 amide bonds. The van der Waals surface area contributed by atoms with Crippen LogP contribution in [-0.4, -0.2) is 86.0 Å². The Morgan fingerprint density at radius 1 is 1.12 bits per heavy atom. The highest BCUT2D eigenvalue weighted by Gasteiger charge is 2.38. The summed E-state index contributed by atoms with van der Waals surface area (Å²) in [5, 5.41) is 7.12. The molecule has 2 aliphatic rings. The predicted molar refractivity (Wildman–Crippen MR) is 112 cm³/mol. The van der Waals surface area contributed by atoms with E-state index >= 15 is 0 Å². The number of hydrogen-bond donors (Lipinski definition) is 1. The van der Waals surface area contributed by atoms with Gasteiger partial charge in [-0.15, -0.1) is 0 Å². The lowest BCUT2D eigenvalue weighted by Gasteiger charge is -2.37. The van der Waals surface area contributed by atoms with Crippen molar-refractivity contribution in [3.63, 3.8) is 0 Å². The molecule has 2 atom stereocenters. The standard InChI is InChI=1S/C20H30N2O3.C2HF3O2/c1-21-12-9-19(25-15-20(23)22-10-3-4-11-22)17(14-21)13-16-5-7-18(24-2)8-6-16;3-2(4,5)1(6)7/h5-8,17,19H,3-4,9-15H2,1-2H3;(H,6,7)/t17-,19+;/m0./s1. The Kier molecular flexibility index (Phi) is 9.77. The van der Waals surface area contributed by atoms with Gasteiger partial charge in [-0.3, -0.25) is 4.79 Å². The molecule has 0 spiro atoms. The fourth-order valence-corrected chi connectivity index (χ4v) is 3.91. The van der Waals surface area contributed by atoms with E-state index in [0.717, 1.165) is 57.6 Å². The number of likely N-dealkylation sites (tertiary alicyclic amines) is 2. The van der Waals surface area contributed by atoms with Crippen LogP contribution in [0.15, 0.2) is 24.3 Å². The number of ether oxygens (including phenoxy) is 2. The number of alkyl halides is 3. The van der Waals surface area contributed by atoms with Crippen LogP contribution < -0.4 is 4.74 Å². The first kappa shape index (κ1) is 25.9. The maximum Gasteiger partial charge on any atom is 0.490 e. The molecule has 0 bridgehead atoms. The van der Waals surface area contributed by atoms with Crippen LogP contribution in [0, 0.1) is 5.92 Å². The predicted octanol–water partition coefficient (Wildman–Crippen LogP) is 2.83. The number of methoxy groups -OCH3 is 1. The van der Waals surface area contributed by atoms with Crippen molar-refractivity contribution in [1.82, 2.24) is 9.80 Å². The molecule has 32 heavy (non-hydrogen) atoms. The number of aliphatic carboxylic acids is 1. The third-order valence-electron chi connectivity index (χ3n) is 5.65. The van der Waals surface area contributed by atoms with E-state index in [2.05, 4.69) is 24.1 Å². The lowest BCUT2D eigenvalue weighted by molar-refractivity contribution is -0.192. The minimum absolute atomic E-state index is 0.152. The van der Waals surface area contributed by atoms with E-state index in [1.807, 2.05) is 17.0 Å². The molecular formula is C22H31F3N2O5. The smallest absolute Gasteiger partial charge is 0.490 e. The molecule has 1 aromatic carbocycles. The van der Waals surface area contributed by atoms with Gasteiger partial charge in [-0.1, -0.05) is 12.1 Å². The number of piperidine rings is 1. The average molecular weight is 460 g/mol. The Balaban J connectivity index is 0.000000451. The molecule has 2 fully saturated rings. The molecule has 1 aromatic rings. The number of carbonyl (C=O) groups is 2. The molecule has 0 radical (unpaired) electrons. The van der Waals surface area contributed by atoms with Gasteiger partial charge in [0.25, 0.3) is 0 Å². The second kappa shape index (κ2) is 12.1. The second-order valence-electron chi connectivity index (χ2n) is 8.10. The van der Waals surface area contributed by atoms with Crippen LogP contribution in [0.25, 0.3) is 0 Å². The van der Waals surface area contributed by atoms with Crippen LogP contribution >= 0.6 is 0 Å². The van der Waals surface area contributed by atoms with Gasteiger partial charge in [0.15, 0.2) is 0 Å². The summed E-state index contributed by atoms with van der Waals surface area (Å²) in [5.41, 5.74) is 1.29. The summed E-state index contributed by atoms with van der Waals surface area (Å²) in [5.74, 6) is -1.31. The van der Waals surface area contributed by atoms with Crippen molar-refractivity contribution in [2.45, 2.75) is 38.0 Å². The van der Waals surface area contributed by atoms with E-state index in [-0.39, 0.29) is 18.6 Å². The molecular weight excluding hydrogens is 429 g/mol.